The summed E-state index contributed by atoms with van der Waals surface area (Å²) < 4.78 is 7.09. The molecule has 0 aliphatic rings. The highest BCUT2D eigenvalue weighted by molar-refractivity contribution is 9.12. The molecule has 0 saturated heterocycles. The van der Waals surface area contributed by atoms with Crippen LogP contribution in [0.1, 0.15) is 0 Å². The average molecular weight is 514 g/mol. The van der Waals surface area contributed by atoms with Gasteiger partial charge in [0.2, 0.25) is 0 Å². The van der Waals surface area contributed by atoms with E-state index in [9.17, 15) is 0 Å². The first-order chi connectivity index (χ1) is 7.06. The fourth-order valence-corrected chi connectivity index (χ4v) is 8.32. The summed E-state index contributed by atoms with van der Waals surface area (Å²) in [6.45, 7) is 0. The molecule has 2 aromatic rings. The Balaban J connectivity index is 2.29. The zero-order chi connectivity index (χ0) is 11.0. The van der Waals surface area contributed by atoms with E-state index >= 15 is 0 Å². The van der Waals surface area contributed by atoms with E-state index in [1.807, 2.05) is 0 Å². The first kappa shape index (κ1) is 13.1. The predicted octanol–water partition coefficient (Wildman–Crippen LogP) is 7.01. The number of hydrogen-bond donors (Lipinski definition) is 0. The molecule has 0 N–H and O–H groups in total. The zero-order valence-corrected chi connectivity index (χ0v) is 15.7. The van der Waals surface area contributed by atoms with Gasteiger partial charge in [0.1, 0.15) is 0 Å². The molecule has 80 valence electrons. The molecule has 0 saturated carbocycles. The largest absolute Gasteiger partial charge is 0.120 e. The van der Waals surface area contributed by atoms with Crippen molar-refractivity contribution < 1.29 is 0 Å². The van der Waals surface area contributed by atoms with Crippen LogP contribution in [0.3, 0.4) is 0 Å². The van der Waals surface area contributed by atoms with Crippen LogP contribution in [0.25, 0.3) is 0 Å². The minimum Gasteiger partial charge on any atom is -0.120 e. The van der Waals surface area contributed by atoms with E-state index in [0.29, 0.717) is 0 Å². The number of halogens is 4. The summed E-state index contributed by atoms with van der Waals surface area (Å²) in [4.78, 5) is 0. The van der Waals surface area contributed by atoms with Crippen LogP contribution in [0.4, 0.5) is 0 Å². The van der Waals surface area contributed by atoms with E-state index in [1.54, 1.807) is 34.4 Å². The summed E-state index contributed by atoms with van der Waals surface area (Å²) >= 11 is 19.3. The quantitative estimate of drug-likeness (QED) is 0.416. The lowest BCUT2D eigenvalue weighted by atomic mass is 10.7. The highest BCUT2D eigenvalue weighted by atomic mass is 79.9. The molecule has 0 bridgehead atoms. The van der Waals surface area contributed by atoms with Crippen molar-refractivity contribution in [2.75, 3.05) is 0 Å². The molecular weight excluding hydrogens is 512 g/mol. The second-order valence-corrected chi connectivity index (χ2v) is 10.6. The molecule has 0 nitrogen and oxygen atoms in total. The van der Waals surface area contributed by atoms with Crippen molar-refractivity contribution in [1.29, 1.82) is 0 Å². The van der Waals surface area contributed by atoms with Gasteiger partial charge in [0, 0.05) is 8.95 Å². The smallest absolute Gasteiger partial charge is 0.0808 e. The molecule has 2 rings (SSSR count). The molecule has 0 unspecified atom stereocenters. The zero-order valence-electron chi connectivity index (χ0n) is 6.89. The van der Waals surface area contributed by atoms with Crippen LogP contribution in [0, 0.1) is 0 Å². The number of hydrogen-bond acceptors (Lipinski definition) is 3. The van der Waals surface area contributed by atoms with Crippen LogP contribution in [-0.4, -0.2) is 0 Å². The molecule has 0 fully saturated rings. The normalized spacial score (nSPS) is 10.9. The van der Waals surface area contributed by atoms with Crippen molar-refractivity contribution in [2.45, 2.75) is 8.42 Å². The monoisotopic (exact) mass is 510 g/mol. The van der Waals surface area contributed by atoms with Crippen molar-refractivity contribution in [2.24, 2.45) is 0 Å². The van der Waals surface area contributed by atoms with Gasteiger partial charge in [-0.3, -0.25) is 0 Å². The Hall–Kier alpha value is 1.67. The van der Waals surface area contributed by atoms with E-state index < -0.39 is 0 Å². The van der Waals surface area contributed by atoms with Gasteiger partial charge in [-0.1, -0.05) is 11.8 Å². The van der Waals surface area contributed by atoms with Gasteiger partial charge in [0.15, 0.2) is 0 Å². The summed E-state index contributed by atoms with van der Waals surface area (Å²) in [6.07, 6.45) is 0. The summed E-state index contributed by atoms with van der Waals surface area (Å²) in [5.74, 6) is 0. The fraction of sp³-hybridized carbons (Fsp3) is 0. The van der Waals surface area contributed by atoms with Gasteiger partial charge < -0.3 is 0 Å². The highest BCUT2D eigenvalue weighted by Crippen LogP contribution is 2.47. The van der Waals surface area contributed by atoms with Gasteiger partial charge in [-0.25, -0.2) is 0 Å². The van der Waals surface area contributed by atoms with Gasteiger partial charge in [-0.15, -0.1) is 22.7 Å². The van der Waals surface area contributed by atoms with Crippen molar-refractivity contribution in [3.8, 4) is 0 Å². The molecule has 15 heavy (non-hydrogen) atoms. The minimum absolute atomic E-state index is 1.14. The Bertz CT molecular complexity index is 444. The molecule has 0 aromatic carbocycles. The van der Waals surface area contributed by atoms with Crippen LogP contribution in [0.2, 0.25) is 0 Å². The maximum Gasteiger partial charge on any atom is 0.0808 e. The van der Waals surface area contributed by atoms with Crippen molar-refractivity contribution in [3.63, 3.8) is 0 Å². The van der Waals surface area contributed by atoms with Gasteiger partial charge in [0.05, 0.1) is 16.0 Å². The highest BCUT2D eigenvalue weighted by Gasteiger charge is 2.11. The lowest BCUT2D eigenvalue weighted by Gasteiger charge is -1.95. The molecule has 0 aliphatic carbocycles. The van der Waals surface area contributed by atoms with E-state index in [4.69, 9.17) is 0 Å². The Morgan fingerprint density at radius 1 is 0.800 bits per heavy atom. The number of rotatable bonds is 2. The van der Waals surface area contributed by atoms with Gasteiger partial charge >= 0.3 is 0 Å². The first-order valence-corrected chi connectivity index (χ1v) is 9.26. The molecule has 0 radical (unpaired) electrons. The third-order valence-corrected chi connectivity index (χ3v) is 8.41. The van der Waals surface area contributed by atoms with Crippen LogP contribution in [0.5, 0.6) is 0 Å². The Morgan fingerprint density at radius 3 is 1.47 bits per heavy atom. The predicted molar refractivity (Wildman–Crippen MR) is 83.6 cm³/mol. The van der Waals surface area contributed by atoms with Gasteiger partial charge in [-0.2, -0.15) is 0 Å². The van der Waals surface area contributed by atoms with Crippen molar-refractivity contribution in [1.82, 2.24) is 0 Å². The maximum absolute atomic E-state index is 3.54. The van der Waals surface area contributed by atoms with Crippen LogP contribution in [-0.2, 0) is 0 Å². The molecule has 2 aromatic heterocycles. The van der Waals surface area contributed by atoms with E-state index in [0.717, 1.165) is 16.5 Å². The molecular formula is C8H2Br4S3. The molecule has 0 atom stereocenters. The summed E-state index contributed by atoms with van der Waals surface area (Å²) in [5, 5.41) is 0. The van der Waals surface area contributed by atoms with E-state index in [1.165, 1.54) is 8.42 Å². The molecule has 2 heterocycles. The average Bonchev–Trinajstić information content (AvgIpc) is 2.58. The second kappa shape index (κ2) is 5.54. The Kier molecular flexibility index (Phi) is 4.84. The summed E-state index contributed by atoms with van der Waals surface area (Å²) in [6, 6.07) is 4.15. The molecule has 7 heteroatoms. The molecule has 0 amide bonds. The molecule has 0 aliphatic heterocycles. The third-order valence-electron chi connectivity index (χ3n) is 1.44. The molecule has 0 spiro atoms. The Morgan fingerprint density at radius 2 is 1.20 bits per heavy atom. The third kappa shape index (κ3) is 3.33. The maximum atomic E-state index is 3.54. The van der Waals surface area contributed by atoms with E-state index in [2.05, 4.69) is 75.9 Å². The topological polar surface area (TPSA) is 0 Å². The van der Waals surface area contributed by atoms with Crippen molar-refractivity contribution >= 4 is 98.2 Å². The van der Waals surface area contributed by atoms with Gasteiger partial charge in [-0.05, 0) is 75.9 Å². The lowest BCUT2D eigenvalue weighted by Crippen LogP contribution is -1.62. The minimum atomic E-state index is 1.14. The summed E-state index contributed by atoms with van der Waals surface area (Å²) in [5.41, 5.74) is 0. The van der Waals surface area contributed by atoms with Gasteiger partial charge in [0.25, 0.3) is 0 Å². The lowest BCUT2D eigenvalue weighted by molar-refractivity contribution is 1.58. The number of thiophene rings is 2. The van der Waals surface area contributed by atoms with Crippen molar-refractivity contribution in [3.05, 3.63) is 28.7 Å². The van der Waals surface area contributed by atoms with Crippen LogP contribution < -0.4 is 0 Å². The Labute approximate surface area is 133 Å². The standard InChI is InChI=1S/C8H2Br4S3/c9-3-1-5(11)13-7(3)15-8-4(10)2-6(12)14-8/h1-2H. The first-order valence-electron chi connectivity index (χ1n) is 3.64. The fourth-order valence-electron chi connectivity index (χ4n) is 0.874. The van der Waals surface area contributed by atoms with E-state index in [-0.39, 0.29) is 0 Å². The summed E-state index contributed by atoms with van der Waals surface area (Å²) in [7, 11) is 0. The van der Waals surface area contributed by atoms with Crippen LogP contribution >= 0.6 is 98.2 Å². The SMILES string of the molecule is Brc1cc(Br)c(Sc2sc(Br)cc2Br)s1. The van der Waals surface area contributed by atoms with Crippen LogP contribution in [0.15, 0.2) is 37.1 Å². The second-order valence-electron chi connectivity index (χ2n) is 2.47.